The Hall–Kier alpha value is -1.79. The Morgan fingerprint density at radius 2 is 2.26 bits per heavy atom. The zero-order valence-electron chi connectivity index (χ0n) is 10.6. The fourth-order valence-electron chi connectivity index (χ4n) is 1.68. The maximum absolute atomic E-state index is 10.7. The number of hydrogen-bond acceptors (Lipinski definition) is 5. The third-order valence-electron chi connectivity index (χ3n) is 2.64. The number of hydrogen-bond donors (Lipinski definition) is 1. The van der Waals surface area contributed by atoms with Crippen LogP contribution in [0.2, 0.25) is 0 Å². The van der Waals surface area contributed by atoms with Crippen LogP contribution in [0.5, 0.6) is 0 Å². The van der Waals surface area contributed by atoms with Gasteiger partial charge in [0.2, 0.25) is 5.01 Å². The highest BCUT2D eigenvalue weighted by Crippen LogP contribution is 2.11. The molecule has 0 radical (unpaired) electrons. The molecule has 5 nitrogen and oxygen atoms in total. The molecule has 0 saturated carbocycles. The quantitative estimate of drug-likeness (QED) is 0.873. The topological polar surface area (TPSA) is 66.3 Å². The van der Waals surface area contributed by atoms with Crippen LogP contribution in [-0.4, -0.2) is 39.5 Å². The van der Waals surface area contributed by atoms with Gasteiger partial charge in [-0.15, -0.1) is 11.3 Å². The Morgan fingerprint density at radius 1 is 1.42 bits per heavy atom. The zero-order chi connectivity index (χ0) is 13.7. The van der Waals surface area contributed by atoms with Gasteiger partial charge in [-0.3, -0.25) is 4.98 Å². The molecule has 0 saturated heterocycles. The van der Waals surface area contributed by atoms with E-state index in [-0.39, 0.29) is 5.01 Å². The van der Waals surface area contributed by atoms with Crippen LogP contribution in [0.25, 0.3) is 0 Å². The first kappa shape index (κ1) is 13.6. The van der Waals surface area contributed by atoms with Crippen molar-refractivity contribution in [3.8, 4) is 0 Å². The van der Waals surface area contributed by atoms with Crippen LogP contribution in [0.1, 0.15) is 21.2 Å². The standard InChI is InChI=1S/C13H15N3O2S/c1-16(7-5-10-4-2-3-6-14-10)8-11-9-19-12(15-11)13(17)18/h2-4,6,9H,5,7-8H2,1H3,(H,17,18). The van der Waals surface area contributed by atoms with Gasteiger partial charge < -0.3 is 10.0 Å². The molecule has 2 aromatic heterocycles. The Bertz CT molecular complexity index is 542. The fourth-order valence-corrected chi connectivity index (χ4v) is 2.33. The van der Waals surface area contributed by atoms with Crippen molar-refractivity contribution < 1.29 is 9.90 Å². The molecule has 100 valence electrons. The highest BCUT2D eigenvalue weighted by molar-refractivity contribution is 7.11. The predicted molar refractivity (Wildman–Crippen MR) is 73.3 cm³/mol. The first-order valence-electron chi connectivity index (χ1n) is 5.91. The molecule has 6 heteroatoms. The Labute approximate surface area is 115 Å². The number of likely N-dealkylation sites (N-methyl/N-ethyl adjacent to an activating group) is 1. The summed E-state index contributed by atoms with van der Waals surface area (Å²) in [6.07, 6.45) is 2.65. The normalized spacial score (nSPS) is 10.8. The van der Waals surface area contributed by atoms with Gasteiger partial charge in [-0.2, -0.15) is 0 Å². The highest BCUT2D eigenvalue weighted by atomic mass is 32.1. The Kier molecular flexibility index (Phi) is 4.59. The van der Waals surface area contributed by atoms with Gasteiger partial charge in [0, 0.05) is 36.8 Å². The van der Waals surface area contributed by atoms with E-state index < -0.39 is 5.97 Å². The van der Waals surface area contributed by atoms with E-state index in [0.717, 1.165) is 35.7 Å². The second-order valence-corrected chi connectivity index (χ2v) is 5.12. The molecule has 2 heterocycles. The third kappa shape index (κ3) is 4.11. The van der Waals surface area contributed by atoms with E-state index in [2.05, 4.69) is 14.9 Å². The molecule has 2 aromatic rings. The lowest BCUT2D eigenvalue weighted by Gasteiger charge is -2.14. The molecule has 0 fully saturated rings. The number of aromatic carboxylic acids is 1. The van der Waals surface area contributed by atoms with Crippen molar-refractivity contribution >= 4 is 17.3 Å². The SMILES string of the molecule is CN(CCc1ccccn1)Cc1csc(C(=O)O)n1. The van der Waals surface area contributed by atoms with Crippen LogP contribution in [0, 0.1) is 0 Å². The van der Waals surface area contributed by atoms with Crippen LogP contribution in [0.3, 0.4) is 0 Å². The summed E-state index contributed by atoms with van der Waals surface area (Å²) in [6.45, 7) is 1.51. The molecular weight excluding hydrogens is 262 g/mol. The predicted octanol–water partition coefficient (Wildman–Crippen LogP) is 1.91. The van der Waals surface area contributed by atoms with Gasteiger partial charge in [0.1, 0.15) is 0 Å². The number of thiazole rings is 1. The average Bonchev–Trinajstić information content (AvgIpc) is 2.86. The summed E-state index contributed by atoms with van der Waals surface area (Å²) in [5.41, 5.74) is 1.85. The smallest absolute Gasteiger partial charge is 0.365 e. The minimum absolute atomic E-state index is 0.146. The van der Waals surface area contributed by atoms with Crippen LogP contribution in [-0.2, 0) is 13.0 Å². The fraction of sp³-hybridized carbons (Fsp3) is 0.308. The summed E-state index contributed by atoms with van der Waals surface area (Å²) in [4.78, 5) is 21.2. The van der Waals surface area contributed by atoms with E-state index in [0.29, 0.717) is 6.54 Å². The molecule has 0 aromatic carbocycles. The molecule has 0 aliphatic carbocycles. The van der Waals surface area contributed by atoms with Crippen LogP contribution < -0.4 is 0 Å². The second-order valence-electron chi connectivity index (χ2n) is 4.26. The molecule has 2 rings (SSSR count). The summed E-state index contributed by atoms with van der Waals surface area (Å²) in [5.74, 6) is -0.965. The summed E-state index contributed by atoms with van der Waals surface area (Å²) >= 11 is 1.16. The Balaban J connectivity index is 1.83. The lowest BCUT2D eigenvalue weighted by atomic mass is 10.2. The first-order chi connectivity index (χ1) is 9.15. The third-order valence-corrected chi connectivity index (χ3v) is 3.52. The first-order valence-corrected chi connectivity index (χ1v) is 6.79. The van der Waals surface area contributed by atoms with Crippen molar-refractivity contribution in [2.45, 2.75) is 13.0 Å². The second kappa shape index (κ2) is 6.40. The number of nitrogens with zero attached hydrogens (tertiary/aromatic N) is 3. The van der Waals surface area contributed by atoms with E-state index in [9.17, 15) is 4.79 Å². The van der Waals surface area contributed by atoms with Crippen molar-refractivity contribution in [3.05, 3.63) is 46.2 Å². The van der Waals surface area contributed by atoms with E-state index in [4.69, 9.17) is 5.11 Å². The molecule has 0 unspecified atom stereocenters. The number of rotatable bonds is 6. The van der Waals surface area contributed by atoms with Crippen LogP contribution in [0.4, 0.5) is 0 Å². The number of carbonyl (C=O) groups is 1. The van der Waals surface area contributed by atoms with Gasteiger partial charge in [0.15, 0.2) is 0 Å². The number of carboxylic acid groups (broad SMARTS) is 1. The zero-order valence-corrected chi connectivity index (χ0v) is 11.4. The molecule has 0 aliphatic heterocycles. The maximum atomic E-state index is 10.7. The summed E-state index contributed by atoms with van der Waals surface area (Å²) in [7, 11) is 1.99. The average molecular weight is 277 g/mol. The van der Waals surface area contributed by atoms with E-state index in [1.54, 1.807) is 11.6 Å². The maximum Gasteiger partial charge on any atom is 0.365 e. The Morgan fingerprint density at radius 3 is 2.89 bits per heavy atom. The number of pyridine rings is 1. The van der Waals surface area contributed by atoms with Crippen molar-refractivity contribution in [1.29, 1.82) is 0 Å². The lowest BCUT2D eigenvalue weighted by Crippen LogP contribution is -2.21. The van der Waals surface area contributed by atoms with Crippen molar-refractivity contribution in [3.63, 3.8) is 0 Å². The van der Waals surface area contributed by atoms with Crippen LogP contribution >= 0.6 is 11.3 Å². The minimum atomic E-state index is -0.965. The van der Waals surface area contributed by atoms with E-state index >= 15 is 0 Å². The highest BCUT2D eigenvalue weighted by Gasteiger charge is 2.10. The van der Waals surface area contributed by atoms with Gasteiger partial charge >= 0.3 is 5.97 Å². The largest absolute Gasteiger partial charge is 0.476 e. The molecule has 0 bridgehead atoms. The summed E-state index contributed by atoms with van der Waals surface area (Å²) < 4.78 is 0. The molecular formula is C13H15N3O2S. The van der Waals surface area contributed by atoms with Gasteiger partial charge in [-0.05, 0) is 19.2 Å². The summed E-state index contributed by atoms with van der Waals surface area (Å²) in [6, 6.07) is 5.87. The van der Waals surface area contributed by atoms with Gasteiger partial charge in [-0.1, -0.05) is 6.07 Å². The monoisotopic (exact) mass is 277 g/mol. The van der Waals surface area contributed by atoms with Crippen LogP contribution in [0.15, 0.2) is 29.8 Å². The van der Waals surface area contributed by atoms with Gasteiger partial charge in [-0.25, -0.2) is 9.78 Å². The summed E-state index contributed by atoms with van der Waals surface area (Å²) in [5, 5.41) is 10.7. The molecule has 0 spiro atoms. The number of aromatic nitrogens is 2. The minimum Gasteiger partial charge on any atom is -0.476 e. The van der Waals surface area contributed by atoms with Gasteiger partial charge in [0.25, 0.3) is 0 Å². The molecule has 0 atom stereocenters. The van der Waals surface area contributed by atoms with E-state index in [1.165, 1.54) is 0 Å². The molecule has 0 aliphatic rings. The molecule has 1 N–H and O–H groups in total. The van der Waals surface area contributed by atoms with E-state index in [1.807, 2.05) is 25.2 Å². The number of carboxylic acids is 1. The lowest BCUT2D eigenvalue weighted by molar-refractivity contribution is 0.0696. The van der Waals surface area contributed by atoms with Gasteiger partial charge in [0.05, 0.1) is 5.69 Å². The molecule has 0 amide bonds. The molecule has 19 heavy (non-hydrogen) atoms. The van der Waals surface area contributed by atoms with Crippen molar-refractivity contribution in [2.75, 3.05) is 13.6 Å². The van der Waals surface area contributed by atoms with Crippen molar-refractivity contribution in [2.24, 2.45) is 0 Å². The van der Waals surface area contributed by atoms with Crippen molar-refractivity contribution in [1.82, 2.24) is 14.9 Å².